The summed E-state index contributed by atoms with van der Waals surface area (Å²) in [5.74, 6) is -0.668. The number of rotatable bonds is 8. The maximum Gasteiger partial charge on any atom is 0.306 e. The molecule has 0 fully saturated rings. The second-order valence-electron chi connectivity index (χ2n) is 6.87. The summed E-state index contributed by atoms with van der Waals surface area (Å²) in [6.45, 7) is 5.56. The highest BCUT2D eigenvalue weighted by atomic mass is 35.5. The molecule has 0 spiro atoms. The van der Waals surface area contributed by atoms with E-state index in [1.807, 2.05) is 40.9 Å². The van der Waals surface area contributed by atoms with Crippen molar-refractivity contribution in [3.8, 4) is 11.1 Å². The zero-order valence-corrected chi connectivity index (χ0v) is 18.2. The molecule has 7 heteroatoms. The van der Waals surface area contributed by atoms with Gasteiger partial charge in [0.1, 0.15) is 12.3 Å². The number of fused-ring (bicyclic) bond motifs is 1. The molecular weight excluding hydrogens is 404 g/mol. The van der Waals surface area contributed by atoms with E-state index in [0.29, 0.717) is 23.7 Å². The van der Waals surface area contributed by atoms with Gasteiger partial charge in [-0.2, -0.15) is 5.10 Å². The molecule has 1 aromatic carbocycles. The van der Waals surface area contributed by atoms with Crippen LogP contribution in [0.5, 0.6) is 0 Å². The lowest BCUT2D eigenvalue weighted by molar-refractivity contribution is -0.144. The average molecular weight is 429 g/mol. The largest absolute Gasteiger partial charge is 0.466 e. The third kappa shape index (κ3) is 4.82. The van der Waals surface area contributed by atoms with Crippen LogP contribution in [0.15, 0.2) is 36.4 Å². The van der Waals surface area contributed by atoms with Crippen LogP contribution in [0.1, 0.15) is 44.1 Å². The molecule has 0 saturated carbocycles. The zero-order valence-electron chi connectivity index (χ0n) is 17.4. The van der Waals surface area contributed by atoms with Gasteiger partial charge in [-0.05, 0) is 55.2 Å². The van der Waals surface area contributed by atoms with Gasteiger partial charge in [0.2, 0.25) is 0 Å². The lowest BCUT2D eigenvalue weighted by Crippen LogP contribution is -2.13. The van der Waals surface area contributed by atoms with Gasteiger partial charge in [-0.1, -0.05) is 30.7 Å². The van der Waals surface area contributed by atoms with E-state index in [2.05, 4.69) is 6.92 Å². The first-order valence-corrected chi connectivity index (χ1v) is 10.4. The van der Waals surface area contributed by atoms with Gasteiger partial charge in [0.05, 0.1) is 12.1 Å². The molecule has 3 aromatic rings. The fourth-order valence-corrected chi connectivity index (χ4v) is 3.70. The highest BCUT2D eigenvalue weighted by Gasteiger charge is 2.20. The number of aryl methyl sites for hydroxylation is 1. The van der Waals surface area contributed by atoms with E-state index in [-0.39, 0.29) is 25.0 Å². The van der Waals surface area contributed by atoms with Crippen LogP contribution in [-0.2, 0) is 38.5 Å². The number of esters is 2. The lowest BCUT2D eigenvalue weighted by atomic mass is 9.95. The summed E-state index contributed by atoms with van der Waals surface area (Å²) in [6.07, 6.45) is 1.41. The average Bonchev–Trinajstić information content (AvgIpc) is 3.12. The van der Waals surface area contributed by atoms with Crippen molar-refractivity contribution in [2.75, 3.05) is 6.61 Å². The van der Waals surface area contributed by atoms with Crippen molar-refractivity contribution in [1.29, 1.82) is 0 Å². The standard InChI is InChI=1S/C23H25ClN2O4/c1-4-18-9-11-21-23(16-7-6-8-17(24)13-16)19(10-12-22(28)29-5-2)20(25-26(18)21)14-30-15(3)27/h6-9,11,13H,4-5,10,12,14H2,1-3H3. The molecule has 0 unspecified atom stereocenters. The van der Waals surface area contributed by atoms with Crippen LogP contribution >= 0.6 is 11.6 Å². The van der Waals surface area contributed by atoms with Crippen molar-refractivity contribution < 1.29 is 19.1 Å². The molecule has 0 bridgehead atoms. The molecule has 6 nitrogen and oxygen atoms in total. The molecule has 30 heavy (non-hydrogen) atoms. The minimum Gasteiger partial charge on any atom is -0.466 e. The van der Waals surface area contributed by atoms with Crippen LogP contribution < -0.4 is 0 Å². The quantitative estimate of drug-likeness (QED) is 0.483. The predicted octanol–water partition coefficient (Wildman–Crippen LogP) is 4.78. The minimum absolute atomic E-state index is 0.0261. The van der Waals surface area contributed by atoms with Crippen LogP contribution in [0, 0.1) is 0 Å². The first kappa shape index (κ1) is 21.8. The van der Waals surface area contributed by atoms with Crippen LogP contribution in [0.2, 0.25) is 5.02 Å². The first-order valence-electron chi connectivity index (χ1n) is 10.0. The molecule has 0 aliphatic carbocycles. The number of benzene rings is 1. The number of nitrogens with zero attached hydrogens (tertiary/aromatic N) is 2. The molecule has 0 N–H and O–H groups in total. The molecule has 0 aliphatic heterocycles. The Labute approximate surface area is 180 Å². The number of aromatic nitrogens is 2. The summed E-state index contributed by atoms with van der Waals surface area (Å²) < 4.78 is 12.3. The first-order chi connectivity index (χ1) is 14.4. The van der Waals surface area contributed by atoms with E-state index in [1.54, 1.807) is 6.92 Å². The van der Waals surface area contributed by atoms with Gasteiger partial charge in [-0.15, -0.1) is 0 Å². The van der Waals surface area contributed by atoms with E-state index in [9.17, 15) is 9.59 Å². The Hall–Kier alpha value is -2.86. The summed E-state index contributed by atoms with van der Waals surface area (Å²) in [5, 5.41) is 5.38. The molecule has 2 aromatic heterocycles. The topological polar surface area (TPSA) is 69.9 Å². The summed E-state index contributed by atoms with van der Waals surface area (Å²) >= 11 is 6.28. The fraction of sp³-hybridized carbons (Fsp3) is 0.348. The molecule has 0 amide bonds. The van der Waals surface area contributed by atoms with Crippen molar-refractivity contribution in [1.82, 2.24) is 9.61 Å². The molecule has 158 valence electrons. The highest BCUT2D eigenvalue weighted by molar-refractivity contribution is 6.30. The lowest BCUT2D eigenvalue weighted by Gasteiger charge is -2.17. The molecule has 2 heterocycles. The van der Waals surface area contributed by atoms with Crippen molar-refractivity contribution >= 4 is 29.1 Å². The van der Waals surface area contributed by atoms with Crippen molar-refractivity contribution in [3.63, 3.8) is 0 Å². The Morgan fingerprint density at radius 3 is 2.60 bits per heavy atom. The highest BCUT2D eigenvalue weighted by Crippen LogP contribution is 2.34. The molecule has 0 saturated heterocycles. The van der Waals surface area contributed by atoms with Gasteiger partial charge >= 0.3 is 11.9 Å². The predicted molar refractivity (Wildman–Crippen MR) is 115 cm³/mol. The normalized spacial score (nSPS) is 10.9. The Kier molecular flexibility index (Phi) is 7.11. The zero-order chi connectivity index (χ0) is 21.7. The summed E-state index contributed by atoms with van der Waals surface area (Å²) in [5.41, 5.74) is 5.26. The maximum atomic E-state index is 12.1. The van der Waals surface area contributed by atoms with E-state index >= 15 is 0 Å². The third-order valence-electron chi connectivity index (χ3n) is 4.83. The van der Waals surface area contributed by atoms with E-state index in [1.165, 1.54) is 6.92 Å². The second-order valence-corrected chi connectivity index (χ2v) is 7.31. The Morgan fingerprint density at radius 1 is 1.13 bits per heavy atom. The summed E-state index contributed by atoms with van der Waals surface area (Å²) in [4.78, 5) is 23.5. The minimum atomic E-state index is -0.388. The van der Waals surface area contributed by atoms with Gasteiger partial charge in [-0.3, -0.25) is 9.59 Å². The van der Waals surface area contributed by atoms with Crippen LogP contribution in [-0.4, -0.2) is 28.2 Å². The number of carbonyl (C=O) groups is 2. The summed E-state index contributed by atoms with van der Waals surface area (Å²) in [7, 11) is 0. The Balaban J connectivity index is 2.22. The monoisotopic (exact) mass is 428 g/mol. The van der Waals surface area contributed by atoms with Crippen molar-refractivity contribution in [2.24, 2.45) is 0 Å². The number of halogens is 1. The number of hydrogen-bond donors (Lipinski definition) is 0. The number of carbonyl (C=O) groups excluding carboxylic acids is 2. The number of ether oxygens (including phenoxy) is 2. The second kappa shape index (κ2) is 9.76. The molecule has 0 atom stereocenters. The summed E-state index contributed by atoms with van der Waals surface area (Å²) in [6, 6.07) is 11.6. The molecule has 0 radical (unpaired) electrons. The van der Waals surface area contributed by atoms with E-state index < -0.39 is 0 Å². The number of hydrogen-bond acceptors (Lipinski definition) is 5. The van der Waals surface area contributed by atoms with Crippen LogP contribution in [0.3, 0.4) is 0 Å². The van der Waals surface area contributed by atoms with E-state index in [4.69, 9.17) is 26.2 Å². The fourth-order valence-electron chi connectivity index (χ4n) is 3.51. The third-order valence-corrected chi connectivity index (χ3v) is 5.07. The Morgan fingerprint density at radius 2 is 1.93 bits per heavy atom. The molecule has 3 rings (SSSR count). The smallest absolute Gasteiger partial charge is 0.306 e. The van der Waals surface area contributed by atoms with Gasteiger partial charge in [0, 0.05) is 29.6 Å². The SMILES string of the molecule is CCOC(=O)CCc1c(COC(C)=O)nn2c(CC)ccc2c1-c1cccc(Cl)c1. The maximum absolute atomic E-state index is 12.1. The van der Waals surface area contributed by atoms with Gasteiger partial charge in [-0.25, -0.2) is 4.52 Å². The molecule has 0 aliphatic rings. The van der Waals surface area contributed by atoms with Crippen molar-refractivity contribution in [2.45, 2.75) is 46.6 Å². The van der Waals surface area contributed by atoms with E-state index in [0.717, 1.165) is 34.3 Å². The van der Waals surface area contributed by atoms with Crippen molar-refractivity contribution in [3.05, 3.63) is 58.4 Å². The molecular formula is C23H25ClN2O4. The van der Waals surface area contributed by atoms with Gasteiger partial charge in [0.15, 0.2) is 0 Å². The van der Waals surface area contributed by atoms with Crippen LogP contribution in [0.4, 0.5) is 0 Å². The van der Waals surface area contributed by atoms with Gasteiger partial charge < -0.3 is 9.47 Å². The van der Waals surface area contributed by atoms with Crippen LogP contribution in [0.25, 0.3) is 16.6 Å². The Bertz CT molecular complexity index is 1070. The van der Waals surface area contributed by atoms with Gasteiger partial charge in [0.25, 0.3) is 0 Å².